The Hall–Kier alpha value is -1.51. The van der Waals surface area contributed by atoms with Crippen molar-refractivity contribution in [3.63, 3.8) is 0 Å². The molecule has 1 aromatic rings. The van der Waals surface area contributed by atoms with Crippen LogP contribution >= 0.6 is 0 Å². The lowest BCUT2D eigenvalue weighted by Gasteiger charge is -2.13. The van der Waals surface area contributed by atoms with Crippen LogP contribution in [-0.2, 0) is 11.2 Å². The van der Waals surface area contributed by atoms with Gasteiger partial charge < -0.3 is 10.2 Å². The van der Waals surface area contributed by atoms with E-state index in [0.717, 1.165) is 23.7 Å². The summed E-state index contributed by atoms with van der Waals surface area (Å²) in [5.41, 5.74) is 2.23. The highest BCUT2D eigenvalue weighted by Gasteiger charge is 2.14. The lowest BCUT2D eigenvalue weighted by atomic mass is 10.1. The molecule has 0 radical (unpaired) electrons. The first-order valence-corrected chi connectivity index (χ1v) is 7.18. The molecule has 0 atom stereocenters. The average Bonchev–Trinajstić information content (AvgIpc) is 2.91. The zero-order valence-electron chi connectivity index (χ0n) is 12.0. The van der Waals surface area contributed by atoms with Gasteiger partial charge in [0.05, 0.1) is 6.42 Å². The minimum absolute atomic E-state index is 0.145. The summed E-state index contributed by atoms with van der Waals surface area (Å²) < 4.78 is 0. The Labute approximate surface area is 116 Å². The van der Waals surface area contributed by atoms with Gasteiger partial charge in [0.25, 0.3) is 0 Å². The molecule has 1 aliphatic rings. The Morgan fingerprint density at radius 1 is 1.21 bits per heavy atom. The van der Waals surface area contributed by atoms with Gasteiger partial charge in [0.15, 0.2) is 0 Å². The highest BCUT2D eigenvalue weighted by atomic mass is 16.2. The molecule has 104 valence electrons. The molecule has 1 saturated carbocycles. The normalized spacial score (nSPS) is 15.5. The Bertz CT molecular complexity index is 405. The highest BCUT2D eigenvalue weighted by Crippen LogP contribution is 2.25. The zero-order chi connectivity index (χ0) is 13.7. The molecule has 0 unspecified atom stereocenters. The second kappa shape index (κ2) is 6.60. The van der Waals surface area contributed by atoms with Crippen molar-refractivity contribution < 1.29 is 4.79 Å². The first-order chi connectivity index (χ1) is 9.15. The van der Waals surface area contributed by atoms with Crippen LogP contribution in [0.3, 0.4) is 0 Å². The monoisotopic (exact) mass is 260 g/mol. The van der Waals surface area contributed by atoms with Crippen LogP contribution < -0.4 is 5.32 Å². The van der Waals surface area contributed by atoms with Gasteiger partial charge in [-0.1, -0.05) is 25.0 Å². The molecule has 2 rings (SSSR count). The van der Waals surface area contributed by atoms with Gasteiger partial charge in [-0.2, -0.15) is 0 Å². The number of nitrogens with one attached hydrogen (secondary N) is 1. The largest absolute Gasteiger partial charge is 0.385 e. The van der Waals surface area contributed by atoms with Crippen LogP contribution in [0.25, 0.3) is 0 Å². The van der Waals surface area contributed by atoms with Gasteiger partial charge in [-0.25, -0.2) is 0 Å². The van der Waals surface area contributed by atoms with E-state index in [4.69, 9.17) is 0 Å². The van der Waals surface area contributed by atoms with E-state index in [-0.39, 0.29) is 5.91 Å². The standard InChI is InChI=1S/C16H24N2O/c1-18(2)16(19)11-13-7-9-15(10-8-13)17-12-14-5-3-4-6-14/h7-10,14,17H,3-6,11-12H2,1-2H3. The Morgan fingerprint density at radius 2 is 1.84 bits per heavy atom. The number of hydrogen-bond acceptors (Lipinski definition) is 2. The molecule has 0 aliphatic heterocycles. The molecule has 1 aromatic carbocycles. The van der Waals surface area contributed by atoms with Crippen molar-refractivity contribution >= 4 is 11.6 Å². The number of rotatable bonds is 5. The second-order valence-electron chi connectivity index (χ2n) is 5.69. The molecule has 1 N–H and O–H groups in total. The summed E-state index contributed by atoms with van der Waals surface area (Å²) >= 11 is 0. The van der Waals surface area contributed by atoms with Crippen LogP contribution in [0.5, 0.6) is 0 Å². The molecule has 19 heavy (non-hydrogen) atoms. The predicted octanol–water partition coefficient (Wildman–Crippen LogP) is 2.92. The molecule has 0 saturated heterocycles. The van der Waals surface area contributed by atoms with Gasteiger partial charge in [0.1, 0.15) is 0 Å². The summed E-state index contributed by atoms with van der Waals surface area (Å²) in [6.07, 6.45) is 5.98. The SMILES string of the molecule is CN(C)C(=O)Cc1ccc(NCC2CCCC2)cc1. The van der Waals surface area contributed by atoms with Gasteiger partial charge >= 0.3 is 0 Å². The number of benzene rings is 1. The van der Waals surface area contributed by atoms with Crippen molar-refractivity contribution in [2.45, 2.75) is 32.1 Å². The van der Waals surface area contributed by atoms with E-state index in [1.807, 2.05) is 12.1 Å². The third kappa shape index (κ3) is 4.27. The molecule has 1 amide bonds. The smallest absolute Gasteiger partial charge is 0.226 e. The predicted molar refractivity (Wildman–Crippen MR) is 79.3 cm³/mol. The Balaban J connectivity index is 1.82. The summed E-state index contributed by atoms with van der Waals surface area (Å²) in [6, 6.07) is 8.23. The molecule has 0 heterocycles. The molecule has 0 spiro atoms. The number of amides is 1. The fraction of sp³-hybridized carbons (Fsp3) is 0.562. The van der Waals surface area contributed by atoms with Gasteiger partial charge in [-0.3, -0.25) is 4.79 Å². The van der Waals surface area contributed by atoms with Crippen molar-refractivity contribution in [1.29, 1.82) is 0 Å². The van der Waals surface area contributed by atoms with Gasteiger partial charge in [-0.15, -0.1) is 0 Å². The fourth-order valence-corrected chi connectivity index (χ4v) is 2.55. The summed E-state index contributed by atoms with van der Waals surface area (Å²) in [5.74, 6) is 0.988. The van der Waals surface area contributed by atoms with E-state index in [2.05, 4.69) is 17.4 Å². The van der Waals surface area contributed by atoms with E-state index in [1.54, 1.807) is 19.0 Å². The quantitative estimate of drug-likeness (QED) is 0.883. The van der Waals surface area contributed by atoms with E-state index < -0.39 is 0 Å². The second-order valence-corrected chi connectivity index (χ2v) is 5.69. The molecule has 0 bridgehead atoms. The summed E-state index contributed by atoms with van der Waals surface area (Å²) in [7, 11) is 3.58. The molecule has 1 aliphatic carbocycles. The van der Waals surface area contributed by atoms with Crippen molar-refractivity contribution in [3.05, 3.63) is 29.8 Å². The molecule has 3 heteroatoms. The number of likely N-dealkylation sites (N-methyl/N-ethyl adjacent to an activating group) is 1. The average molecular weight is 260 g/mol. The van der Waals surface area contributed by atoms with Crippen LogP contribution in [-0.4, -0.2) is 31.4 Å². The molecule has 0 aromatic heterocycles. The first kappa shape index (κ1) is 13.9. The Morgan fingerprint density at radius 3 is 2.42 bits per heavy atom. The maximum atomic E-state index is 11.6. The van der Waals surface area contributed by atoms with Gasteiger partial charge in [0.2, 0.25) is 5.91 Å². The first-order valence-electron chi connectivity index (χ1n) is 7.18. The maximum absolute atomic E-state index is 11.6. The summed E-state index contributed by atoms with van der Waals surface area (Å²) in [5, 5.41) is 3.49. The summed E-state index contributed by atoms with van der Waals surface area (Å²) in [6.45, 7) is 1.08. The third-order valence-corrected chi connectivity index (χ3v) is 3.88. The van der Waals surface area contributed by atoms with E-state index in [9.17, 15) is 4.79 Å². The number of hydrogen-bond donors (Lipinski definition) is 1. The van der Waals surface area contributed by atoms with Crippen LogP contribution in [0.2, 0.25) is 0 Å². The molecular weight excluding hydrogens is 236 g/mol. The number of carbonyl (C=O) groups is 1. The van der Waals surface area contributed by atoms with Crippen molar-refractivity contribution in [2.75, 3.05) is 26.0 Å². The zero-order valence-corrected chi connectivity index (χ0v) is 12.0. The lowest BCUT2D eigenvalue weighted by Crippen LogP contribution is -2.23. The molecular formula is C16H24N2O. The van der Waals surface area contributed by atoms with Crippen molar-refractivity contribution in [2.24, 2.45) is 5.92 Å². The van der Waals surface area contributed by atoms with Crippen LogP contribution in [0, 0.1) is 5.92 Å². The number of nitrogens with zero attached hydrogens (tertiary/aromatic N) is 1. The molecule has 1 fully saturated rings. The van der Waals surface area contributed by atoms with Crippen LogP contribution in [0.4, 0.5) is 5.69 Å². The molecule has 3 nitrogen and oxygen atoms in total. The van der Waals surface area contributed by atoms with E-state index in [0.29, 0.717) is 6.42 Å². The van der Waals surface area contributed by atoms with E-state index in [1.165, 1.54) is 25.7 Å². The van der Waals surface area contributed by atoms with E-state index >= 15 is 0 Å². The minimum atomic E-state index is 0.145. The fourth-order valence-electron chi connectivity index (χ4n) is 2.55. The highest BCUT2D eigenvalue weighted by molar-refractivity contribution is 5.78. The lowest BCUT2D eigenvalue weighted by molar-refractivity contribution is -0.127. The Kier molecular flexibility index (Phi) is 4.83. The van der Waals surface area contributed by atoms with Crippen molar-refractivity contribution in [1.82, 2.24) is 4.90 Å². The topological polar surface area (TPSA) is 32.3 Å². The minimum Gasteiger partial charge on any atom is -0.385 e. The van der Waals surface area contributed by atoms with Crippen LogP contribution in [0.15, 0.2) is 24.3 Å². The number of anilines is 1. The summed E-state index contributed by atoms with van der Waals surface area (Å²) in [4.78, 5) is 13.2. The number of carbonyl (C=O) groups excluding carboxylic acids is 1. The van der Waals surface area contributed by atoms with Crippen molar-refractivity contribution in [3.8, 4) is 0 Å². The van der Waals surface area contributed by atoms with Crippen LogP contribution in [0.1, 0.15) is 31.2 Å². The maximum Gasteiger partial charge on any atom is 0.226 e. The van der Waals surface area contributed by atoms with Gasteiger partial charge in [-0.05, 0) is 36.5 Å². The third-order valence-electron chi connectivity index (χ3n) is 3.88. The van der Waals surface area contributed by atoms with Gasteiger partial charge in [0, 0.05) is 26.3 Å².